The molecule has 39 heavy (non-hydrogen) atoms. The molecule has 0 aliphatic rings. The fourth-order valence-corrected chi connectivity index (χ4v) is 6.23. The number of carbonyl (C=O) groups excluding carboxylic acids is 1. The van der Waals surface area contributed by atoms with Crippen LogP contribution in [-0.4, -0.2) is 34.2 Å². The van der Waals surface area contributed by atoms with Gasteiger partial charge in [0.2, 0.25) is 10.0 Å². The summed E-state index contributed by atoms with van der Waals surface area (Å²) >= 11 is 1.44. The largest absolute Gasteiger partial charge is 0.459 e. The summed E-state index contributed by atoms with van der Waals surface area (Å²) in [5.74, 6) is 0.422. The highest BCUT2D eigenvalue weighted by atomic mass is 32.2. The van der Waals surface area contributed by atoms with E-state index >= 15 is 0 Å². The van der Waals surface area contributed by atoms with E-state index in [0.717, 1.165) is 21.7 Å². The number of nitrogens with zero attached hydrogens (tertiary/aromatic N) is 4. The number of hydrogen-bond acceptors (Lipinski definition) is 7. The molecule has 0 saturated heterocycles. The lowest BCUT2D eigenvalue weighted by Crippen LogP contribution is -2.30. The van der Waals surface area contributed by atoms with Crippen molar-refractivity contribution in [2.24, 2.45) is 5.10 Å². The Labute approximate surface area is 230 Å². The topological polar surface area (TPSA) is 109 Å². The van der Waals surface area contributed by atoms with Gasteiger partial charge in [0.05, 0.1) is 23.3 Å². The molecule has 0 spiro atoms. The van der Waals surface area contributed by atoms with Crippen LogP contribution in [0.1, 0.15) is 44.4 Å². The SMILES string of the molecule is Cc1ccc(CN(Cc2ccc(/C=N/NC(=O)c3c(C)nc4sccn34)o2)S(=O)(=O)c2ccc(C)cc2)cc1. The van der Waals surface area contributed by atoms with E-state index in [1.807, 2.05) is 43.5 Å². The van der Waals surface area contributed by atoms with E-state index < -0.39 is 15.9 Å². The molecule has 1 N–H and O–H groups in total. The minimum absolute atomic E-state index is 0.0233. The molecule has 0 aliphatic carbocycles. The summed E-state index contributed by atoms with van der Waals surface area (Å²) in [6, 6.07) is 17.9. The maximum Gasteiger partial charge on any atom is 0.290 e. The predicted molar refractivity (Wildman–Crippen MR) is 150 cm³/mol. The Hall–Kier alpha value is -4.06. The van der Waals surface area contributed by atoms with Gasteiger partial charge in [-0.25, -0.2) is 18.8 Å². The summed E-state index contributed by atoms with van der Waals surface area (Å²) in [6.45, 7) is 5.87. The third-order valence-electron chi connectivity index (χ3n) is 6.16. The van der Waals surface area contributed by atoms with E-state index in [1.165, 1.54) is 21.9 Å². The summed E-state index contributed by atoms with van der Waals surface area (Å²) in [5, 5.41) is 5.87. The number of rotatable bonds is 9. The fraction of sp³-hybridized carbons (Fsp3) is 0.179. The van der Waals surface area contributed by atoms with Crippen LogP contribution in [0.3, 0.4) is 0 Å². The second-order valence-electron chi connectivity index (χ2n) is 9.18. The monoisotopic (exact) mass is 561 g/mol. The molecule has 0 bridgehead atoms. The van der Waals surface area contributed by atoms with Crippen molar-refractivity contribution in [3.8, 4) is 0 Å². The molecular formula is C28H27N5O4S2. The normalized spacial score (nSPS) is 12.1. The highest BCUT2D eigenvalue weighted by molar-refractivity contribution is 7.89. The lowest BCUT2D eigenvalue weighted by atomic mass is 10.1. The molecule has 3 heterocycles. The van der Waals surface area contributed by atoms with Gasteiger partial charge in [-0.05, 0) is 50.6 Å². The van der Waals surface area contributed by atoms with Crippen molar-refractivity contribution < 1.29 is 17.6 Å². The van der Waals surface area contributed by atoms with Gasteiger partial charge < -0.3 is 4.42 Å². The highest BCUT2D eigenvalue weighted by Crippen LogP contribution is 2.23. The molecule has 11 heteroatoms. The standard InChI is InChI=1S/C28H27N5O4S2/c1-19-4-8-22(9-5-19)17-32(39(35,36)25-12-6-20(2)7-13-25)18-24-11-10-23(37-24)16-29-31-27(34)26-21(3)30-28-33(26)14-15-38-28/h4-16H,17-18H2,1-3H3,(H,31,34)/b29-16+. The molecule has 5 aromatic rings. The number of hydrazone groups is 1. The van der Waals surface area contributed by atoms with Gasteiger partial charge in [-0.2, -0.15) is 9.41 Å². The molecule has 0 atom stereocenters. The average molecular weight is 562 g/mol. The third-order valence-corrected chi connectivity index (χ3v) is 8.72. The van der Waals surface area contributed by atoms with E-state index in [2.05, 4.69) is 15.5 Å². The van der Waals surface area contributed by atoms with Gasteiger partial charge in [-0.15, -0.1) is 11.3 Å². The Balaban J connectivity index is 1.32. The van der Waals surface area contributed by atoms with Gasteiger partial charge in [0.15, 0.2) is 4.96 Å². The molecule has 0 unspecified atom stereocenters. The summed E-state index contributed by atoms with van der Waals surface area (Å²) in [7, 11) is -3.81. The maximum atomic E-state index is 13.6. The zero-order chi connectivity index (χ0) is 27.6. The van der Waals surface area contributed by atoms with Crippen LogP contribution < -0.4 is 5.43 Å². The minimum Gasteiger partial charge on any atom is -0.459 e. The molecule has 3 aromatic heterocycles. The molecule has 0 saturated carbocycles. The number of imidazole rings is 1. The van der Waals surface area contributed by atoms with Crippen molar-refractivity contribution in [3.63, 3.8) is 0 Å². The zero-order valence-corrected chi connectivity index (χ0v) is 23.3. The van der Waals surface area contributed by atoms with Crippen LogP contribution in [-0.2, 0) is 23.1 Å². The molecular weight excluding hydrogens is 534 g/mol. The summed E-state index contributed by atoms with van der Waals surface area (Å²) < 4.78 is 36.1. The summed E-state index contributed by atoms with van der Waals surface area (Å²) in [6.07, 6.45) is 3.16. The number of aryl methyl sites for hydroxylation is 3. The van der Waals surface area contributed by atoms with Crippen LogP contribution in [0, 0.1) is 20.8 Å². The second-order valence-corrected chi connectivity index (χ2v) is 12.0. The van der Waals surface area contributed by atoms with Crippen LogP contribution in [0.15, 0.2) is 86.7 Å². The van der Waals surface area contributed by atoms with E-state index in [0.29, 0.717) is 22.9 Å². The number of fused-ring (bicyclic) bond motifs is 1. The maximum absolute atomic E-state index is 13.6. The van der Waals surface area contributed by atoms with Crippen molar-refractivity contribution in [2.75, 3.05) is 0 Å². The molecule has 0 fully saturated rings. The Morgan fingerprint density at radius 3 is 2.44 bits per heavy atom. The molecule has 200 valence electrons. The number of benzene rings is 2. The Morgan fingerprint density at radius 1 is 1.03 bits per heavy atom. The number of carbonyl (C=O) groups is 1. The number of sulfonamides is 1. The van der Waals surface area contributed by atoms with Crippen LogP contribution in [0.2, 0.25) is 0 Å². The molecule has 1 amide bonds. The van der Waals surface area contributed by atoms with E-state index in [4.69, 9.17) is 4.42 Å². The number of amides is 1. The van der Waals surface area contributed by atoms with Crippen molar-refractivity contribution in [1.29, 1.82) is 0 Å². The van der Waals surface area contributed by atoms with Crippen molar-refractivity contribution in [2.45, 2.75) is 38.8 Å². The zero-order valence-electron chi connectivity index (χ0n) is 21.7. The van der Waals surface area contributed by atoms with Crippen LogP contribution in [0.5, 0.6) is 0 Å². The highest BCUT2D eigenvalue weighted by Gasteiger charge is 2.26. The Morgan fingerprint density at radius 2 is 1.72 bits per heavy atom. The van der Waals surface area contributed by atoms with Gasteiger partial charge in [0.25, 0.3) is 5.91 Å². The quantitative estimate of drug-likeness (QED) is 0.200. The summed E-state index contributed by atoms with van der Waals surface area (Å²) in [5.41, 5.74) is 6.46. The van der Waals surface area contributed by atoms with Gasteiger partial charge >= 0.3 is 0 Å². The number of nitrogens with one attached hydrogen (secondary N) is 1. The van der Waals surface area contributed by atoms with Gasteiger partial charge in [-0.3, -0.25) is 9.20 Å². The molecule has 0 radical (unpaired) electrons. The van der Waals surface area contributed by atoms with Crippen molar-refractivity contribution in [1.82, 2.24) is 19.1 Å². The van der Waals surface area contributed by atoms with E-state index in [-0.39, 0.29) is 18.0 Å². The first-order valence-corrected chi connectivity index (χ1v) is 14.5. The first-order valence-electron chi connectivity index (χ1n) is 12.2. The van der Waals surface area contributed by atoms with Crippen LogP contribution in [0.4, 0.5) is 0 Å². The van der Waals surface area contributed by atoms with Crippen molar-refractivity contribution >= 4 is 38.4 Å². The first-order chi connectivity index (χ1) is 18.7. The van der Waals surface area contributed by atoms with Gasteiger partial charge in [-0.1, -0.05) is 47.5 Å². The number of furan rings is 1. The third kappa shape index (κ3) is 5.85. The molecule has 2 aromatic carbocycles. The second kappa shape index (κ2) is 11.0. The first kappa shape index (κ1) is 26.5. The summed E-state index contributed by atoms with van der Waals surface area (Å²) in [4.78, 5) is 18.0. The molecule has 9 nitrogen and oxygen atoms in total. The Bertz CT molecular complexity index is 1750. The number of hydrogen-bond donors (Lipinski definition) is 1. The van der Waals surface area contributed by atoms with Crippen molar-refractivity contribution in [3.05, 3.63) is 112 Å². The smallest absolute Gasteiger partial charge is 0.290 e. The van der Waals surface area contributed by atoms with E-state index in [1.54, 1.807) is 53.9 Å². The minimum atomic E-state index is -3.81. The van der Waals surface area contributed by atoms with Crippen LogP contribution in [0.25, 0.3) is 4.96 Å². The lowest BCUT2D eigenvalue weighted by molar-refractivity contribution is 0.0948. The molecule has 5 rings (SSSR count). The number of thiazole rings is 1. The molecule has 0 aliphatic heterocycles. The van der Waals surface area contributed by atoms with Crippen LogP contribution >= 0.6 is 11.3 Å². The van der Waals surface area contributed by atoms with Gasteiger partial charge in [0.1, 0.15) is 17.2 Å². The average Bonchev–Trinajstić information content (AvgIpc) is 3.61. The fourth-order valence-electron chi connectivity index (χ4n) is 4.08. The number of aromatic nitrogens is 2. The Kier molecular flexibility index (Phi) is 7.47. The van der Waals surface area contributed by atoms with E-state index in [9.17, 15) is 13.2 Å². The predicted octanol–water partition coefficient (Wildman–Crippen LogP) is 5.07. The van der Waals surface area contributed by atoms with Gasteiger partial charge in [0, 0.05) is 18.1 Å². The lowest BCUT2D eigenvalue weighted by Gasteiger charge is -2.21.